The lowest BCUT2D eigenvalue weighted by atomic mass is 10.4. The number of aryl methyl sites for hydroxylation is 1. The molecular weight excluding hydrogens is 418 g/mol. The van der Waals surface area contributed by atoms with Crippen LogP contribution in [0, 0.1) is 6.92 Å². The molecule has 0 aromatic carbocycles. The Morgan fingerprint density at radius 2 is 1.57 bits per heavy atom. The van der Waals surface area contributed by atoms with Crippen LogP contribution in [0.1, 0.15) is 5.56 Å². The molecule has 0 bridgehead atoms. The van der Waals surface area contributed by atoms with Crippen molar-refractivity contribution in [1.29, 1.82) is 0 Å². The minimum Gasteiger partial charge on any atom is -0.468 e. The van der Waals surface area contributed by atoms with Crippen molar-refractivity contribution in [2.45, 2.75) is 19.3 Å². The first-order valence-electron chi connectivity index (χ1n) is 7.31. The third-order valence-electron chi connectivity index (χ3n) is 2.76. The van der Waals surface area contributed by atoms with Gasteiger partial charge in [-0.15, -0.1) is 11.3 Å². The van der Waals surface area contributed by atoms with E-state index < -0.39 is 49.3 Å². The van der Waals surface area contributed by atoms with E-state index in [2.05, 4.69) is 30.1 Å². The van der Waals surface area contributed by atoms with E-state index in [-0.39, 0.29) is 0 Å². The first-order chi connectivity index (χ1) is 12.9. The van der Waals surface area contributed by atoms with Gasteiger partial charge in [0.15, 0.2) is 13.2 Å². The molecule has 0 unspecified atom stereocenters. The first kappa shape index (κ1) is 21.5. The third kappa shape index (κ3) is 7.46. The average molecular weight is 430 g/mol. The summed E-state index contributed by atoms with van der Waals surface area (Å²) in [7, 11) is 0. The maximum Gasteiger partial charge on any atom is 0.422 e. The summed E-state index contributed by atoms with van der Waals surface area (Å²) in [4.78, 5) is 19.0. The second-order valence-electron chi connectivity index (χ2n) is 5.19. The molecule has 0 atom stereocenters. The number of halogens is 6. The van der Waals surface area contributed by atoms with Crippen molar-refractivity contribution in [3.8, 4) is 11.8 Å². The van der Waals surface area contributed by atoms with E-state index in [4.69, 9.17) is 0 Å². The molecule has 0 aliphatic heterocycles. The van der Waals surface area contributed by atoms with Crippen molar-refractivity contribution in [3.63, 3.8) is 0 Å². The molecule has 2 aromatic heterocycles. The van der Waals surface area contributed by atoms with Crippen molar-refractivity contribution < 1.29 is 40.6 Å². The fourth-order valence-electron chi connectivity index (χ4n) is 1.66. The molecule has 0 spiro atoms. The fraction of sp³-hybridized carbons (Fsp3) is 0.357. The highest BCUT2D eigenvalue weighted by Crippen LogP contribution is 2.25. The molecule has 7 nitrogen and oxygen atoms in total. The summed E-state index contributed by atoms with van der Waals surface area (Å²) in [6.07, 6.45) is -9.42. The lowest BCUT2D eigenvalue weighted by molar-refractivity contribution is -0.154. The summed E-state index contributed by atoms with van der Waals surface area (Å²) >= 11 is 1.20. The number of hydrogen-bond donors (Lipinski definition) is 2. The molecule has 0 radical (unpaired) electrons. The zero-order valence-electron chi connectivity index (χ0n) is 13.9. The molecule has 0 aliphatic rings. The normalized spacial score (nSPS) is 11.8. The van der Waals surface area contributed by atoms with Gasteiger partial charge in [0.05, 0.1) is 11.1 Å². The number of carbonyl (C=O) groups is 1. The minimum absolute atomic E-state index is 0.482. The summed E-state index contributed by atoms with van der Waals surface area (Å²) < 4.78 is 82.4. The number of alkyl halides is 6. The van der Waals surface area contributed by atoms with Crippen LogP contribution in [0.15, 0.2) is 17.5 Å². The van der Waals surface area contributed by atoms with E-state index in [9.17, 15) is 31.1 Å². The van der Waals surface area contributed by atoms with E-state index in [1.54, 1.807) is 18.4 Å². The summed E-state index contributed by atoms with van der Waals surface area (Å²) in [5, 5.41) is 6.72. The topological polar surface area (TPSA) is 85.4 Å². The van der Waals surface area contributed by atoms with Crippen LogP contribution in [0.2, 0.25) is 0 Å². The van der Waals surface area contributed by atoms with Gasteiger partial charge in [-0.3, -0.25) is 10.6 Å². The number of nitrogens with zero attached hydrogens (tertiary/aromatic N) is 2. The fourth-order valence-corrected chi connectivity index (χ4v) is 2.47. The van der Waals surface area contributed by atoms with E-state index in [1.807, 2.05) is 0 Å². The maximum atomic E-state index is 12.3. The van der Waals surface area contributed by atoms with Crippen LogP contribution in [-0.4, -0.2) is 41.6 Å². The Morgan fingerprint density at radius 3 is 2.00 bits per heavy atom. The molecule has 0 saturated heterocycles. The van der Waals surface area contributed by atoms with Crippen LogP contribution in [-0.2, 0) is 0 Å². The quantitative estimate of drug-likeness (QED) is 0.665. The summed E-state index contributed by atoms with van der Waals surface area (Å²) in [5.74, 6) is -2.07. The van der Waals surface area contributed by atoms with Gasteiger partial charge in [0, 0.05) is 0 Å². The molecule has 0 fully saturated rings. The van der Waals surface area contributed by atoms with Crippen molar-refractivity contribution in [2.75, 3.05) is 23.8 Å². The van der Waals surface area contributed by atoms with Crippen LogP contribution in [0.3, 0.4) is 0 Å². The number of rotatable bonds is 6. The van der Waals surface area contributed by atoms with Gasteiger partial charge in [0.25, 0.3) is 0 Å². The smallest absolute Gasteiger partial charge is 0.422 e. The maximum absolute atomic E-state index is 12.3. The average Bonchev–Trinajstić information content (AvgIpc) is 2.94. The summed E-state index contributed by atoms with van der Waals surface area (Å²) in [6.45, 7) is -1.78. The molecule has 154 valence electrons. The van der Waals surface area contributed by atoms with Crippen LogP contribution in [0.4, 0.5) is 42.1 Å². The number of thiophene rings is 1. The molecule has 2 aromatic rings. The lowest BCUT2D eigenvalue weighted by Gasteiger charge is -2.13. The molecule has 0 saturated carbocycles. The van der Waals surface area contributed by atoms with Gasteiger partial charge in [0.1, 0.15) is 0 Å². The van der Waals surface area contributed by atoms with Gasteiger partial charge < -0.3 is 9.47 Å². The summed E-state index contributed by atoms with van der Waals surface area (Å²) in [6, 6.07) is 1.51. The molecule has 0 aliphatic carbocycles. The molecule has 2 heterocycles. The molecule has 2 amide bonds. The Balaban J connectivity index is 2.15. The molecule has 2 rings (SSSR count). The van der Waals surface area contributed by atoms with Gasteiger partial charge in [-0.25, -0.2) is 4.79 Å². The van der Waals surface area contributed by atoms with E-state index >= 15 is 0 Å². The number of hydrogen-bond acceptors (Lipinski definition) is 6. The van der Waals surface area contributed by atoms with Gasteiger partial charge in [-0.1, -0.05) is 0 Å². The standard InChI is InChI=1S/C14H12F6N4O3S/c1-7-2-3-28-10(7)23-12(25)24-11-21-8(26-5-13(15,16)17)4-9(22-11)27-6-14(18,19)20/h2-4H,5-6H2,1H3,(H2,21,22,23,24,25). The van der Waals surface area contributed by atoms with E-state index in [0.29, 0.717) is 11.1 Å². The van der Waals surface area contributed by atoms with Gasteiger partial charge in [0.2, 0.25) is 17.7 Å². The van der Waals surface area contributed by atoms with Crippen molar-refractivity contribution in [3.05, 3.63) is 23.1 Å². The monoisotopic (exact) mass is 430 g/mol. The predicted molar refractivity (Wildman–Crippen MR) is 86.8 cm³/mol. The Kier molecular flexibility index (Phi) is 6.53. The number of amides is 2. The van der Waals surface area contributed by atoms with Crippen molar-refractivity contribution in [1.82, 2.24) is 9.97 Å². The van der Waals surface area contributed by atoms with Gasteiger partial charge >= 0.3 is 18.4 Å². The third-order valence-corrected chi connectivity index (χ3v) is 3.69. The second-order valence-corrected chi connectivity index (χ2v) is 6.10. The second kappa shape index (κ2) is 8.50. The Bertz CT molecular complexity index is 788. The molecule has 14 heteroatoms. The van der Waals surface area contributed by atoms with Crippen molar-refractivity contribution >= 4 is 28.3 Å². The first-order valence-corrected chi connectivity index (χ1v) is 8.19. The highest BCUT2D eigenvalue weighted by Gasteiger charge is 2.30. The predicted octanol–water partition coefficient (Wildman–Crippen LogP) is 4.37. The Labute approximate surface area is 157 Å². The van der Waals surface area contributed by atoms with Crippen molar-refractivity contribution in [2.24, 2.45) is 0 Å². The number of urea groups is 1. The number of nitrogens with one attached hydrogen (secondary N) is 2. The van der Waals surface area contributed by atoms with Crippen LogP contribution in [0.5, 0.6) is 11.8 Å². The van der Waals surface area contributed by atoms with E-state index in [1.165, 1.54) is 11.3 Å². The molecule has 28 heavy (non-hydrogen) atoms. The lowest BCUT2D eigenvalue weighted by Crippen LogP contribution is -2.23. The number of anilines is 2. The Hall–Kier alpha value is -2.77. The zero-order valence-corrected chi connectivity index (χ0v) is 14.8. The minimum atomic E-state index is -4.71. The number of aromatic nitrogens is 2. The van der Waals surface area contributed by atoms with Crippen LogP contribution < -0.4 is 20.1 Å². The zero-order chi connectivity index (χ0) is 20.9. The summed E-state index contributed by atoms with van der Waals surface area (Å²) in [5.41, 5.74) is 0.748. The Morgan fingerprint density at radius 1 is 1.04 bits per heavy atom. The van der Waals surface area contributed by atoms with Crippen LogP contribution >= 0.6 is 11.3 Å². The SMILES string of the molecule is Cc1ccsc1NC(=O)Nc1nc(OCC(F)(F)F)cc(OCC(F)(F)F)n1. The van der Waals surface area contributed by atoms with Gasteiger partial charge in [-0.2, -0.15) is 36.3 Å². The number of carbonyl (C=O) groups excluding carboxylic acids is 1. The van der Waals surface area contributed by atoms with E-state index in [0.717, 1.165) is 5.56 Å². The highest BCUT2D eigenvalue weighted by molar-refractivity contribution is 7.14. The highest BCUT2D eigenvalue weighted by atomic mass is 32.1. The molecule has 2 N–H and O–H groups in total. The largest absolute Gasteiger partial charge is 0.468 e. The number of ether oxygens (including phenoxy) is 2. The van der Waals surface area contributed by atoms with Gasteiger partial charge in [-0.05, 0) is 23.9 Å². The molecular formula is C14H12F6N4O3S. The van der Waals surface area contributed by atoms with Crippen LogP contribution in [0.25, 0.3) is 0 Å².